The summed E-state index contributed by atoms with van der Waals surface area (Å²) in [6.07, 6.45) is 2.01. The molecule has 0 unspecified atom stereocenters. The van der Waals surface area contributed by atoms with Crippen LogP contribution in [0.4, 0.5) is 27.7 Å². The van der Waals surface area contributed by atoms with Crippen LogP contribution >= 0.6 is 11.6 Å². The van der Waals surface area contributed by atoms with Crippen molar-refractivity contribution in [3.05, 3.63) is 64.3 Å². The van der Waals surface area contributed by atoms with Crippen molar-refractivity contribution in [2.75, 3.05) is 41.9 Å². The molecule has 1 amide bonds. The lowest BCUT2D eigenvalue weighted by atomic mass is 10.1. The molecule has 0 spiro atoms. The number of rotatable bonds is 8. The van der Waals surface area contributed by atoms with E-state index < -0.39 is 12.2 Å². The van der Waals surface area contributed by atoms with Crippen LogP contribution in [0.5, 0.6) is 5.75 Å². The van der Waals surface area contributed by atoms with Crippen LogP contribution in [0.2, 0.25) is 5.02 Å². The number of benzene rings is 2. The topological polar surface area (TPSA) is 139 Å². The van der Waals surface area contributed by atoms with Crippen molar-refractivity contribution >= 4 is 46.4 Å². The number of hydrogen-bond acceptors (Lipinski definition) is 10. The number of alkyl halides is 1. The summed E-state index contributed by atoms with van der Waals surface area (Å²) in [5, 5.41) is 27.6. The Hall–Kier alpha value is -5.14. The molecule has 1 N–H and O–H groups in total. The van der Waals surface area contributed by atoms with Crippen LogP contribution in [0.15, 0.2) is 42.6 Å². The molecule has 3 aliphatic rings. The number of carbonyl (C=O) groups is 1. The molecule has 2 aromatic heterocycles. The molecule has 1 aliphatic carbocycles. The van der Waals surface area contributed by atoms with Gasteiger partial charge in [-0.15, -0.1) is 0 Å². The molecule has 2 aromatic carbocycles. The van der Waals surface area contributed by atoms with E-state index in [1.807, 2.05) is 34.1 Å². The van der Waals surface area contributed by atoms with Gasteiger partial charge in [-0.2, -0.15) is 30.1 Å². The number of carbonyl (C=O) groups excluding carboxylic acids is 1. The number of amides is 1. The summed E-state index contributed by atoms with van der Waals surface area (Å²) in [4.78, 5) is 27.4. The Morgan fingerprint density at radius 2 is 1.98 bits per heavy atom. The van der Waals surface area contributed by atoms with Gasteiger partial charge in [-0.05, 0) is 36.2 Å². The molecule has 4 aromatic rings. The second-order valence-corrected chi connectivity index (χ2v) is 11.7. The lowest BCUT2D eigenvalue weighted by Crippen LogP contribution is -2.51. The van der Waals surface area contributed by atoms with Crippen molar-refractivity contribution < 1.29 is 13.9 Å². The van der Waals surface area contributed by atoms with Gasteiger partial charge in [-0.25, -0.2) is 4.39 Å². The van der Waals surface area contributed by atoms with E-state index in [2.05, 4.69) is 32.4 Å². The highest BCUT2D eigenvalue weighted by atomic mass is 35.5. The van der Waals surface area contributed by atoms with Crippen LogP contribution in [0.3, 0.4) is 0 Å². The Balaban J connectivity index is 1.26. The van der Waals surface area contributed by atoms with Crippen molar-refractivity contribution in [2.24, 2.45) is 0 Å². The quantitative estimate of drug-likeness (QED) is 0.303. The molecule has 3 atom stereocenters. The van der Waals surface area contributed by atoms with Crippen LogP contribution in [-0.2, 0) is 11.3 Å². The van der Waals surface area contributed by atoms with E-state index in [4.69, 9.17) is 21.3 Å². The number of halogens is 2. The number of piperazine rings is 1. The number of fused-ring (bicyclic) bond motifs is 2. The summed E-state index contributed by atoms with van der Waals surface area (Å²) in [6, 6.07) is 14.8. The third-order valence-corrected chi connectivity index (χ3v) is 8.98. The van der Waals surface area contributed by atoms with E-state index >= 15 is 0 Å². The molecule has 3 fully saturated rings. The fourth-order valence-corrected chi connectivity index (χ4v) is 6.40. The van der Waals surface area contributed by atoms with E-state index in [1.54, 1.807) is 19.2 Å². The van der Waals surface area contributed by atoms with Gasteiger partial charge in [0.25, 0.3) is 0 Å². The largest absolute Gasteiger partial charge is 0.497 e. The van der Waals surface area contributed by atoms with Gasteiger partial charge in [-0.1, -0.05) is 23.7 Å². The molecule has 45 heavy (non-hydrogen) atoms. The highest BCUT2D eigenvalue weighted by Crippen LogP contribution is 2.39. The average molecular weight is 627 g/mol. The molecule has 0 bridgehead atoms. The second-order valence-electron chi connectivity index (χ2n) is 11.4. The summed E-state index contributed by atoms with van der Waals surface area (Å²) < 4.78 is 21.4. The monoisotopic (exact) mass is 626 g/mol. The van der Waals surface area contributed by atoms with E-state index in [-0.39, 0.29) is 29.1 Å². The number of nitriles is 2. The number of hydrogen-bond donors (Lipinski definition) is 1. The van der Waals surface area contributed by atoms with Crippen LogP contribution in [0.1, 0.15) is 36.0 Å². The summed E-state index contributed by atoms with van der Waals surface area (Å²) in [5.41, 5.74) is 2.82. The first-order valence-electron chi connectivity index (χ1n) is 14.6. The van der Waals surface area contributed by atoms with Gasteiger partial charge >= 0.3 is 0 Å². The van der Waals surface area contributed by atoms with Gasteiger partial charge in [0.15, 0.2) is 5.65 Å². The molecule has 228 valence electrons. The third kappa shape index (κ3) is 5.29. The van der Waals surface area contributed by atoms with Gasteiger partial charge in [0.2, 0.25) is 17.8 Å². The number of methoxy groups -OCH3 is 1. The molecule has 2 saturated heterocycles. The summed E-state index contributed by atoms with van der Waals surface area (Å²) >= 11 is 6.97. The molecule has 2 aliphatic heterocycles. The van der Waals surface area contributed by atoms with Gasteiger partial charge in [-0.3, -0.25) is 4.79 Å². The summed E-state index contributed by atoms with van der Waals surface area (Å²) in [5.74, 6) is 1.29. The van der Waals surface area contributed by atoms with Crippen molar-refractivity contribution in [2.45, 2.75) is 44.1 Å². The maximum atomic E-state index is 14.6. The molecule has 7 rings (SSSR count). The van der Waals surface area contributed by atoms with Crippen LogP contribution in [0.25, 0.3) is 5.65 Å². The third-order valence-electron chi connectivity index (χ3n) is 8.59. The number of nitrogens with zero attached hydrogens (tertiary/aromatic N) is 9. The Morgan fingerprint density at radius 1 is 1.18 bits per heavy atom. The fourth-order valence-electron chi connectivity index (χ4n) is 6.12. The highest BCUT2D eigenvalue weighted by Gasteiger charge is 2.44. The average Bonchev–Trinajstić information content (AvgIpc) is 3.45. The zero-order valence-electron chi connectivity index (χ0n) is 24.3. The second kappa shape index (κ2) is 11.4. The number of nitrogens with one attached hydrogen (secondary N) is 1. The molecular formula is C31H28ClFN10O2. The number of anilines is 4. The number of ether oxygens (including phenoxy) is 1. The van der Waals surface area contributed by atoms with Crippen LogP contribution in [-0.4, -0.2) is 75.4 Å². The zero-order chi connectivity index (χ0) is 31.2. The predicted octanol–water partition coefficient (Wildman–Crippen LogP) is 4.20. The Labute approximate surface area is 263 Å². The fraction of sp³-hybridized carbons (Fsp3) is 0.355. The molecule has 0 radical (unpaired) electrons. The van der Waals surface area contributed by atoms with E-state index in [1.165, 1.54) is 10.7 Å². The minimum atomic E-state index is -1.05. The van der Waals surface area contributed by atoms with E-state index in [9.17, 15) is 19.7 Å². The lowest BCUT2D eigenvalue weighted by molar-refractivity contribution is -0.129. The molecule has 1 saturated carbocycles. The normalized spacial score (nSPS) is 20.5. The first-order chi connectivity index (χ1) is 21.9. The van der Waals surface area contributed by atoms with Gasteiger partial charge in [0.05, 0.1) is 47.4 Å². The zero-order valence-corrected chi connectivity index (χ0v) is 25.1. The maximum absolute atomic E-state index is 14.6. The van der Waals surface area contributed by atoms with Crippen LogP contribution in [0, 0.1) is 22.7 Å². The molecule has 4 heterocycles. The molecule has 12 nitrogen and oxygen atoms in total. The summed E-state index contributed by atoms with van der Waals surface area (Å²) in [6.45, 7) is 2.10. The van der Waals surface area contributed by atoms with Gasteiger partial charge in [0.1, 0.15) is 23.6 Å². The minimum Gasteiger partial charge on any atom is -0.497 e. The van der Waals surface area contributed by atoms with E-state index in [0.29, 0.717) is 72.7 Å². The van der Waals surface area contributed by atoms with Crippen molar-refractivity contribution in [3.63, 3.8) is 0 Å². The van der Waals surface area contributed by atoms with Gasteiger partial charge < -0.3 is 24.8 Å². The maximum Gasteiger partial charge on any atom is 0.232 e. The van der Waals surface area contributed by atoms with Crippen LogP contribution < -0.4 is 19.9 Å². The Morgan fingerprint density at radius 3 is 2.69 bits per heavy atom. The summed E-state index contributed by atoms with van der Waals surface area (Å²) in [7, 11) is 1.59. The smallest absolute Gasteiger partial charge is 0.232 e. The van der Waals surface area contributed by atoms with Crippen molar-refractivity contribution in [1.29, 1.82) is 10.5 Å². The minimum absolute atomic E-state index is 0.0995. The molecular weight excluding hydrogens is 599 g/mol. The lowest BCUT2D eigenvalue weighted by Gasteiger charge is -2.39. The number of aromatic nitrogens is 4. The Bertz CT molecular complexity index is 1880. The highest BCUT2D eigenvalue weighted by molar-refractivity contribution is 6.36. The Kier molecular flexibility index (Phi) is 7.26. The van der Waals surface area contributed by atoms with Crippen molar-refractivity contribution in [1.82, 2.24) is 24.5 Å². The first kappa shape index (κ1) is 28.6. The standard InChI is InChI=1S/C31H28ClFN10O2/c1-45-22-5-2-18(3-6-22)16-42(25-12-23(25)33)31-39-30(38-29-20(14-35)15-36-43(29)31)37-24-10-19(13-34)11-26(28(24)32)40-8-9-41-21(17-40)4-7-27(41)44/h2-3,5-6,10-11,15,21,23,25H,4,7-9,12,16-17H2,1H3,(H,37,38)/t21-,23+,25-/m1/s1. The SMILES string of the molecule is COc1ccc(CN(c2nc(Nc3cc(C#N)cc(N4CCN5C(=O)CC[C@@H]5C4)c3Cl)nc3c(C#N)cnn23)[C@@H]2C[C@@H]2F)cc1. The van der Waals surface area contributed by atoms with E-state index in [0.717, 1.165) is 12.0 Å². The van der Waals surface area contributed by atoms with Gasteiger partial charge in [0, 0.05) is 45.1 Å². The first-order valence-corrected chi connectivity index (χ1v) is 15.0. The molecule has 14 heteroatoms. The predicted molar refractivity (Wildman–Crippen MR) is 164 cm³/mol. The van der Waals surface area contributed by atoms with Crippen molar-refractivity contribution in [3.8, 4) is 17.9 Å².